The van der Waals surface area contributed by atoms with Gasteiger partial charge in [-0.05, 0) is 50.5 Å². The average Bonchev–Trinajstić information content (AvgIpc) is 2.62. The number of hydrogen-bond acceptors (Lipinski definition) is 3. The zero-order valence-corrected chi connectivity index (χ0v) is 16.7. The van der Waals surface area contributed by atoms with E-state index < -0.39 is 0 Å². The normalized spacial score (nSPS) is 29.8. The Balaban J connectivity index is 2.17. The minimum atomic E-state index is -0.375. The predicted molar refractivity (Wildman–Crippen MR) is 106 cm³/mol. The second kappa shape index (κ2) is 9.45. The van der Waals surface area contributed by atoms with Gasteiger partial charge in [0.2, 0.25) is 0 Å². The molecule has 0 spiro atoms. The molecule has 2 aliphatic carbocycles. The Kier molecular flexibility index (Phi) is 7.56. The van der Waals surface area contributed by atoms with Gasteiger partial charge in [0.1, 0.15) is 0 Å². The van der Waals surface area contributed by atoms with Crippen LogP contribution in [0, 0.1) is 11.3 Å². The lowest BCUT2D eigenvalue weighted by Crippen LogP contribution is -2.47. The van der Waals surface area contributed by atoms with E-state index in [-0.39, 0.29) is 17.6 Å². The maximum Gasteiger partial charge on any atom is 0.314 e. The van der Waals surface area contributed by atoms with E-state index in [0.717, 1.165) is 57.1 Å². The SMILES string of the molecule is CCCC(CC)OC1=CC=CC(CN(C)C(N)=O)([C@H]2CC[C@H](N)CC2)C1. The molecule has 2 unspecified atom stereocenters. The average molecular weight is 364 g/mol. The van der Waals surface area contributed by atoms with Crippen LogP contribution in [0.15, 0.2) is 24.0 Å². The van der Waals surface area contributed by atoms with Gasteiger partial charge >= 0.3 is 6.03 Å². The third-order valence-corrected chi connectivity index (χ3v) is 6.09. The molecule has 2 atom stereocenters. The van der Waals surface area contributed by atoms with E-state index in [4.69, 9.17) is 16.2 Å². The Bertz CT molecular complexity index is 523. The van der Waals surface area contributed by atoms with Crippen LogP contribution >= 0.6 is 0 Å². The summed E-state index contributed by atoms with van der Waals surface area (Å²) in [4.78, 5) is 13.3. The summed E-state index contributed by atoms with van der Waals surface area (Å²) in [6, 6.07) is -0.0650. The smallest absolute Gasteiger partial charge is 0.314 e. The number of allylic oxidation sites excluding steroid dienone is 3. The number of nitrogens with two attached hydrogens (primary N) is 2. The van der Waals surface area contributed by atoms with E-state index in [1.54, 1.807) is 11.9 Å². The lowest BCUT2D eigenvalue weighted by molar-refractivity contribution is 0.0570. The lowest BCUT2D eigenvalue weighted by Gasteiger charge is -2.45. The van der Waals surface area contributed by atoms with Crippen LogP contribution in [0.5, 0.6) is 0 Å². The number of ether oxygens (including phenoxy) is 1. The van der Waals surface area contributed by atoms with Crippen molar-refractivity contribution in [2.24, 2.45) is 22.8 Å². The number of primary amides is 1. The van der Waals surface area contributed by atoms with Crippen LogP contribution in [-0.2, 0) is 4.74 Å². The van der Waals surface area contributed by atoms with Gasteiger partial charge in [0.15, 0.2) is 0 Å². The molecule has 0 heterocycles. The molecule has 2 amide bonds. The van der Waals surface area contributed by atoms with Crippen LogP contribution in [0.25, 0.3) is 0 Å². The van der Waals surface area contributed by atoms with E-state index in [9.17, 15) is 4.79 Å². The number of carbonyl (C=O) groups excluding carboxylic acids is 1. The quantitative estimate of drug-likeness (QED) is 0.685. The van der Waals surface area contributed by atoms with Crippen LogP contribution in [0.1, 0.15) is 65.2 Å². The van der Waals surface area contributed by atoms with Crippen molar-refractivity contribution in [3.63, 3.8) is 0 Å². The molecule has 4 N–H and O–H groups in total. The second-order valence-electron chi connectivity index (χ2n) is 8.14. The highest BCUT2D eigenvalue weighted by Crippen LogP contribution is 2.46. The van der Waals surface area contributed by atoms with Crippen molar-refractivity contribution in [1.29, 1.82) is 0 Å². The number of urea groups is 1. The van der Waals surface area contributed by atoms with Crippen molar-refractivity contribution >= 4 is 6.03 Å². The molecule has 0 saturated heterocycles. The molecule has 26 heavy (non-hydrogen) atoms. The highest BCUT2D eigenvalue weighted by atomic mass is 16.5. The third kappa shape index (κ3) is 5.26. The van der Waals surface area contributed by atoms with Gasteiger partial charge in [0.25, 0.3) is 0 Å². The first kappa shape index (κ1) is 20.8. The third-order valence-electron chi connectivity index (χ3n) is 6.09. The molecular formula is C21H37N3O2. The number of carbonyl (C=O) groups is 1. The van der Waals surface area contributed by atoms with Crippen molar-refractivity contribution in [2.75, 3.05) is 13.6 Å². The van der Waals surface area contributed by atoms with E-state index in [2.05, 4.69) is 32.1 Å². The Labute approximate surface area is 158 Å². The Morgan fingerprint density at radius 2 is 2.04 bits per heavy atom. The summed E-state index contributed by atoms with van der Waals surface area (Å²) >= 11 is 0. The van der Waals surface area contributed by atoms with E-state index >= 15 is 0 Å². The fourth-order valence-corrected chi connectivity index (χ4v) is 4.48. The molecule has 1 saturated carbocycles. The maximum absolute atomic E-state index is 11.7. The standard InChI is InChI=1S/C21H37N3O2/c1-4-7-18(5-2)26-19-8-6-13-21(14-19,15-24(3)20(23)25)16-9-11-17(22)12-10-16/h6,8,13,16-18H,4-5,7,9-12,14-15,22H2,1-3H3,(H2,23,25)/t16-,17-,18?,21?. The molecular weight excluding hydrogens is 326 g/mol. The van der Waals surface area contributed by atoms with Gasteiger partial charge in [0, 0.05) is 31.5 Å². The van der Waals surface area contributed by atoms with Crippen molar-refractivity contribution in [3.05, 3.63) is 24.0 Å². The van der Waals surface area contributed by atoms with E-state index in [1.807, 2.05) is 0 Å². The Morgan fingerprint density at radius 3 is 2.62 bits per heavy atom. The maximum atomic E-state index is 11.7. The Hall–Kier alpha value is -1.49. The van der Waals surface area contributed by atoms with E-state index in [0.29, 0.717) is 18.5 Å². The Morgan fingerprint density at radius 1 is 1.35 bits per heavy atom. The highest BCUT2D eigenvalue weighted by Gasteiger charge is 2.41. The van der Waals surface area contributed by atoms with Gasteiger partial charge in [-0.2, -0.15) is 0 Å². The van der Waals surface area contributed by atoms with Crippen molar-refractivity contribution < 1.29 is 9.53 Å². The van der Waals surface area contributed by atoms with Crippen molar-refractivity contribution in [1.82, 2.24) is 4.90 Å². The summed E-state index contributed by atoms with van der Waals surface area (Å²) in [5.41, 5.74) is 11.5. The molecule has 5 heteroatoms. The fraction of sp³-hybridized carbons (Fsp3) is 0.762. The van der Waals surface area contributed by atoms with Gasteiger partial charge < -0.3 is 21.1 Å². The van der Waals surface area contributed by atoms with Gasteiger partial charge in [-0.25, -0.2) is 4.79 Å². The summed E-state index contributed by atoms with van der Waals surface area (Å²) in [6.45, 7) is 5.00. The molecule has 2 rings (SSSR count). The molecule has 0 radical (unpaired) electrons. The molecule has 5 nitrogen and oxygen atoms in total. The van der Waals surface area contributed by atoms with E-state index in [1.165, 1.54) is 0 Å². The number of nitrogens with zero attached hydrogens (tertiary/aromatic N) is 1. The number of hydrogen-bond donors (Lipinski definition) is 2. The monoisotopic (exact) mass is 363 g/mol. The first-order valence-corrected chi connectivity index (χ1v) is 10.2. The van der Waals surface area contributed by atoms with Gasteiger partial charge in [0.05, 0.1) is 11.9 Å². The largest absolute Gasteiger partial charge is 0.495 e. The van der Waals surface area contributed by atoms with Crippen LogP contribution in [-0.4, -0.2) is 36.7 Å². The summed E-state index contributed by atoms with van der Waals surface area (Å²) in [7, 11) is 1.79. The van der Waals surface area contributed by atoms with Gasteiger partial charge in [-0.1, -0.05) is 32.4 Å². The molecule has 1 fully saturated rings. The molecule has 0 aromatic carbocycles. The zero-order valence-electron chi connectivity index (χ0n) is 16.7. The first-order valence-electron chi connectivity index (χ1n) is 10.2. The molecule has 0 aromatic rings. The van der Waals surface area contributed by atoms with Crippen LogP contribution in [0.4, 0.5) is 4.79 Å². The summed E-state index contributed by atoms with van der Waals surface area (Å²) < 4.78 is 6.34. The summed E-state index contributed by atoms with van der Waals surface area (Å²) in [5.74, 6) is 1.54. The molecule has 0 bridgehead atoms. The second-order valence-corrected chi connectivity index (χ2v) is 8.14. The summed E-state index contributed by atoms with van der Waals surface area (Å²) in [6.07, 6.45) is 15.1. The molecule has 148 valence electrons. The van der Waals surface area contributed by atoms with Crippen LogP contribution in [0.2, 0.25) is 0 Å². The molecule has 2 aliphatic rings. The minimum absolute atomic E-state index is 0.113. The van der Waals surface area contributed by atoms with Crippen molar-refractivity contribution in [3.8, 4) is 0 Å². The lowest BCUT2D eigenvalue weighted by atomic mass is 9.64. The van der Waals surface area contributed by atoms with Crippen LogP contribution in [0.3, 0.4) is 0 Å². The van der Waals surface area contributed by atoms with Gasteiger partial charge in [-0.3, -0.25) is 0 Å². The number of rotatable bonds is 8. The van der Waals surface area contributed by atoms with Crippen molar-refractivity contribution in [2.45, 2.75) is 77.4 Å². The van der Waals surface area contributed by atoms with Crippen LogP contribution < -0.4 is 11.5 Å². The number of amides is 2. The zero-order chi connectivity index (χ0) is 19.2. The highest BCUT2D eigenvalue weighted by molar-refractivity contribution is 5.71. The molecule has 0 aliphatic heterocycles. The molecule has 0 aromatic heterocycles. The minimum Gasteiger partial charge on any atom is -0.495 e. The summed E-state index contributed by atoms with van der Waals surface area (Å²) in [5, 5.41) is 0. The first-order chi connectivity index (χ1) is 12.4. The predicted octanol–water partition coefficient (Wildman–Crippen LogP) is 3.94. The topological polar surface area (TPSA) is 81.6 Å². The fourth-order valence-electron chi connectivity index (χ4n) is 4.48. The van der Waals surface area contributed by atoms with Gasteiger partial charge in [-0.15, -0.1) is 0 Å².